The Morgan fingerprint density at radius 1 is 1.18 bits per heavy atom. The predicted molar refractivity (Wildman–Crippen MR) is 89.5 cm³/mol. The van der Waals surface area contributed by atoms with E-state index < -0.39 is 0 Å². The highest BCUT2D eigenvalue weighted by Gasteiger charge is 2.10. The zero-order valence-corrected chi connectivity index (χ0v) is 13.0. The van der Waals surface area contributed by atoms with Crippen LogP contribution in [0.4, 0.5) is 11.4 Å². The highest BCUT2D eigenvalue weighted by Crippen LogP contribution is 2.19. The summed E-state index contributed by atoms with van der Waals surface area (Å²) in [5.74, 6) is -0.0641. The second kappa shape index (κ2) is 8.14. The Balaban J connectivity index is 2.00. The molecule has 22 heavy (non-hydrogen) atoms. The first kappa shape index (κ1) is 16.0. The Morgan fingerprint density at radius 3 is 2.73 bits per heavy atom. The van der Waals surface area contributed by atoms with E-state index in [0.717, 1.165) is 24.3 Å². The molecule has 0 fully saturated rings. The summed E-state index contributed by atoms with van der Waals surface area (Å²) in [7, 11) is 4.05. The van der Waals surface area contributed by atoms with Gasteiger partial charge in [0, 0.05) is 12.7 Å². The van der Waals surface area contributed by atoms with Gasteiger partial charge in [-0.3, -0.25) is 9.78 Å². The molecule has 1 amide bonds. The van der Waals surface area contributed by atoms with Crippen LogP contribution in [-0.4, -0.2) is 43.0 Å². The van der Waals surface area contributed by atoms with E-state index in [0.29, 0.717) is 12.1 Å². The summed E-state index contributed by atoms with van der Waals surface area (Å²) in [6, 6.07) is 11.2. The quantitative estimate of drug-likeness (QED) is 0.771. The fourth-order valence-corrected chi connectivity index (χ4v) is 2.07. The Labute approximate surface area is 131 Å². The van der Waals surface area contributed by atoms with Gasteiger partial charge >= 0.3 is 0 Å². The second-order valence-corrected chi connectivity index (χ2v) is 5.33. The van der Waals surface area contributed by atoms with Gasteiger partial charge in [0.05, 0.1) is 23.1 Å². The highest BCUT2D eigenvalue weighted by atomic mass is 16.1. The van der Waals surface area contributed by atoms with Crippen molar-refractivity contribution in [1.29, 1.82) is 0 Å². The lowest BCUT2D eigenvalue weighted by Gasteiger charge is -2.13. The van der Waals surface area contributed by atoms with Gasteiger partial charge in [0.1, 0.15) is 0 Å². The van der Waals surface area contributed by atoms with Gasteiger partial charge in [-0.05, 0) is 51.3 Å². The first-order valence-electron chi connectivity index (χ1n) is 7.36. The first-order valence-corrected chi connectivity index (χ1v) is 7.36. The van der Waals surface area contributed by atoms with E-state index in [9.17, 15) is 4.79 Å². The third-order valence-corrected chi connectivity index (χ3v) is 3.18. The second-order valence-electron chi connectivity index (χ2n) is 5.33. The Kier molecular flexibility index (Phi) is 5.91. The maximum absolute atomic E-state index is 12.3. The summed E-state index contributed by atoms with van der Waals surface area (Å²) in [6.07, 6.45) is 4.37. The molecular formula is C17H22N4O. The molecule has 5 heteroatoms. The van der Waals surface area contributed by atoms with Crippen molar-refractivity contribution in [2.24, 2.45) is 0 Å². The van der Waals surface area contributed by atoms with Crippen LogP contribution in [0.25, 0.3) is 0 Å². The van der Waals surface area contributed by atoms with Crippen molar-refractivity contribution in [3.05, 3.63) is 54.4 Å². The van der Waals surface area contributed by atoms with Crippen LogP contribution in [-0.2, 0) is 0 Å². The zero-order chi connectivity index (χ0) is 15.8. The van der Waals surface area contributed by atoms with Crippen molar-refractivity contribution in [3.8, 4) is 0 Å². The van der Waals surface area contributed by atoms with Crippen molar-refractivity contribution in [2.75, 3.05) is 32.5 Å². The molecule has 1 heterocycles. The number of aromatic nitrogens is 1. The van der Waals surface area contributed by atoms with Gasteiger partial charge < -0.3 is 15.5 Å². The number of nitrogens with one attached hydrogen (secondary N) is 2. The standard InChI is InChI=1S/C17H22N4O/c1-21(2)12-6-11-19-17(22)15-8-3-4-9-16(15)20-14-7-5-10-18-13-14/h3-5,7-10,13,20H,6,11-12H2,1-2H3,(H,19,22). The molecule has 116 valence electrons. The Bertz CT molecular complexity index is 599. The van der Waals surface area contributed by atoms with E-state index in [1.165, 1.54) is 0 Å². The van der Waals surface area contributed by atoms with E-state index in [-0.39, 0.29) is 5.91 Å². The van der Waals surface area contributed by atoms with E-state index in [4.69, 9.17) is 0 Å². The lowest BCUT2D eigenvalue weighted by molar-refractivity contribution is 0.0953. The molecule has 5 nitrogen and oxygen atoms in total. The van der Waals surface area contributed by atoms with Crippen LogP contribution < -0.4 is 10.6 Å². The fourth-order valence-electron chi connectivity index (χ4n) is 2.07. The molecule has 2 N–H and O–H groups in total. The monoisotopic (exact) mass is 298 g/mol. The van der Waals surface area contributed by atoms with Crippen LogP contribution in [0.3, 0.4) is 0 Å². The van der Waals surface area contributed by atoms with Gasteiger partial charge in [0.15, 0.2) is 0 Å². The summed E-state index contributed by atoms with van der Waals surface area (Å²) in [5.41, 5.74) is 2.27. The molecule has 0 atom stereocenters. The number of hydrogen-bond acceptors (Lipinski definition) is 4. The number of anilines is 2. The number of pyridine rings is 1. The third-order valence-electron chi connectivity index (χ3n) is 3.18. The maximum atomic E-state index is 12.3. The van der Waals surface area contributed by atoms with Gasteiger partial charge in [0.25, 0.3) is 5.91 Å². The largest absolute Gasteiger partial charge is 0.354 e. The Hall–Kier alpha value is -2.40. The molecule has 0 aliphatic heterocycles. The summed E-state index contributed by atoms with van der Waals surface area (Å²) in [6.45, 7) is 1.62. The van der Waals surface area contributed by atoms with E-state index >= 15 is 0 Å². The molecule has 0 aliphatic rings. The van der Waals surface area contributed by atoms with E-state index in [2.05, 4.69) is 20.5 Å². The molecule has 1 aromatic carbocycles. The Morgan fingerprint density at radius 2 is 2.00 bits per heavy atom. The molecule has 0 aliphatic carbocycles. The van der Waals surface area contributed by atoms with Crippen LogP contribution in [0.1, 0.15) is 16.8 Å². The summed E-state index contributed by atoms with van der Waals surface area (Å²) in [5, 5.41) is 6.19. The summed E-state index contributed by atoms with van der Waals surface area (Å²) < 4.78 is 0. The average Bonchev–Trinajstić information content (AvgIpc) is 2.53. The summed E-state index contributed by atoms with van der Waals surface area (Å²) >= 11 is 0. The fraction of sp³-hybridized carbons (Fsp3) is 0.294. The minimum Gasteiger partial charge on any atom is -0.354 e. The van der Waals surface area contributed by atoms with Crippen molar-refractivity contribution >= 4 is 17.3 Å². The minimum absolute atomic E-state index is 0.0641. The van der Waals surface area contributed by atoms with Crippen LogP contribution >= 0.6 is 0 Å². The average molecular weight is 298 g/mol. The molecule has 0 saturated heterocycles. The number of amides is 1. The number of carbonyl (C=O) groups is 1. The lowest BCUT2D eigenvalue weighted by atomic mass is 10.1. The van der Waals surface area contributed by atoms with Crippen molar-refractivity contribution in [3.63, 3.8) is 0 Å². The van der Waals surface area contributed by atoms with Crippen molar-refractivity contribution < 1.29 is 4.79 Å². The summed E-state index contributed by atoms with van der Waals surface area (Å²) in [4.78, 5) is 18.5. The molecule has 2 rings (SSSR count). The SMILES string of the molecule is CN(C)CCCNC(=O)c1ccccc1Nc1cccnc1. The van der Waals surface area contributed by atoms with Crippen molar-refractivity contribution in [2.45, 2.75) is 6.42 Å². The molecular weight excluding hydrogens is 276 g/mol. The molecule has 0 spiro atoms. The van der Waals surface area contributed by atoms with Gasteiger partial charge in [-0.1, -0.05) is 12.1 Å². The van der Waals surface area contributed by atoms with E-state index in [1.807, 2.05) is 50.5 Å². The molecule has 0 unspecified atom stereocenters. The normalized spacial score (nSPS) is 10.5. The number of rotatable bonds is 7. The predicted octanol–water partition coefficient (Wildman–Crippen LogP) is 2.51. The molecule has 2 aromatic rings. The molecule has 0 radical (unpaired) electrons. The van der Waals surface area contributed by atoms with Crippen LogP contribution in [0.15, 0.2) is 48.8 Å². The zero-order valence-electron chi connectivity index (χ0n) is 13.0. The van der Waals surface area contributed by atoms with Crippen molar-refractivity contribution in [1.82, 2.24) is 15.2 Å². The number of nitrogens with zero attached hydrogens (tertiary/aromatic N) is 2. The smallest absolute Gasteiger partial charge is 0.253 e. The highest BCUT2D eigenvalue weighted by molar-refractivity contribution is 6.00. The number of para-hydroxylation sites is 1. The van der Waals surface area contributed by atoms with Gasteiger partial charge in [0.2, 0.25) is 0 Å². The lowest BCUT2D eigenvalue weighted by Crippen LogP contribution is -2.27. The van der Waals surface area contributed by atoms with Crippen LogP contribution in [0.2, 0.25) is 0 Å². The number of carbonyl (C=O) groups excluding carboxylic acids is 1. The topological polar surface area (TPSA) is 57.3 Å². The van der Waals surface area contributed by atoms with Gasteiger partial charge in [-0.2, -0.15) is 0 Å². The maximum Gasteiger partial charge on any atom is 0.253 e. The third kappa shape index (κ3) is 4.86. The molecule has 0 bridgehead atoms. The molecule has 1 aromatic heterocycles. The first-order chi connectivity index (χ1) is 10.7. The molecule has 0 saturated carbocycles. The van der Waals surface area contributed by atoms with Gasteiger partial charge in [-0.15, -0.1) is 0 Å². The van der Waals surface area contributed by atoms with Gasteiger partial charge in [-0.25, -0.2) is 0 Å². The number of benzene rings is 1. The van der Waals surface area contributed by atoms with Crippen LogP contribution in [0.5, 0.6) is 0 Å². The number of hydrogen-bond donors (Lipinski definition) is 2. The van der Waals surface area contributed by atoms with E-state index in [1.54, 1.807) is 12.4 Å². The van der Waals surface area contributed by atoms with Crippen LogP contribution in [0, 0.1) is 0 Å². The minimum atomic E-state index is -0.0641.